The van der Waals surface area contributed by atoms with Crippen LogP contribution in [0.25, 0.3) is 11.1 Å². The lowest BCUT2D eigenvalue weighted by Crippen LogP contribution is -2.28. The molecule has 1 aliphatic heterocycles. The van der Waals surface area contributed by atoms with Crippen LogP contribution in [0.15, 0.2) is 65.7 Å². The van der Waals surface area contributed by atoms with Crippen LogP contribution < -0.4 is 19.9 Å². The molecule has 0 bridgehead atoms. The van der Waals surface area contributed by atoms with E-state index >= 15 is 0 Å². The fraction of sp³-hybridized carbons (Fsp3) is 0.182. The minimum atomic E-state index is -3.73. The van der Waals surface area contributed by atoms with Crippen LogP contribution in [0.4, 0.5) is 5.82 Å². The highest BCUT2D eigenvalue weighted by Gasteiger charge is 2.51. The van der Waals surface area contributed by atoms with Crippen molar-refractivity contribution in [2.75, 3.05) is 12.1 Å². The largest absolute Gasteiger partial charge is 0.454 e. The molecular formula is C22H19N3O5S. The Morgan fingerprint density at radius 3 is 2.32 bits per heavy atom. The van der Waals surface area contributed by atoms with Crippen LogP contribution in [0, 0.1) is 0 Å². The summed E-state index contributed by atoms with van der Waals surface area (Å²) in [5.74, 6) is 1.69. The molecular weight excluding hydrogens is 418 g/mol. The number of fused-ring (bicyclic) bond motifs is 1. The predicted octanol–water partition coefficient (Wildman–Crippen LogP) is 2.80. The Balaban J connectivity index is 1.31. The second-order valence-electron chi connectivity index (χ2n) is 7.61. The Bertz CT molecular complexity index is 1270. The molecule has 3 N–H and O–H groups in total. The number of carbonyl (C=O) groups excluding carboxylic acids is 1. The summed E-state index contributed by atoms with van der Waals surface area (Å²) >= 11 is 0. The Morgan fingerprint density at radius 1 is 0.968 bits per heavy atom. The molecule has 1 aromatic heterocycles. The van der Waals surface area contributed by atoms with E-state index in [-0.39, 0.29) is 17.6 Å². The van der Waals surface area contributed by atoms with Crippen molar-refractivity contribution in [2.24, 2.45) is 5.14 Å². The number of nitrogens with one attached hydrogen (secondary N) is 1. The normalized spacial score (nSPS) is 16.0. The van der Waals surface area contributed by atoms with E-state index in [4.69, 9.17) is 14.6 Å². The standard InChI is InChI=1S/C22H19N3O5S/c23-31(27,28)17-5-1-14(2-6-17)15-3-8-20(24-12-15)25-21(26)22(9-10-22)16-4-7-18-19(11-16)30-13-29-18/h1-8,11-12H,9-10,13H2,(H2,23,27,28)(H,24,25,26). The maximum atomic E-state index is 13.0. The summed E-state index contributed by atoms with van der Waals surface area (Å²) < 4.78 is 33.5. The predicted molar refractivity (Wildman–Crippen MR) is 113 cm³/mol. The fourth-order valence-corrected chi connectivity index (χ4v) is 4.19. The van der Waals surface area contributed by atoms with Gasteiger partial charge in [-0.05, 0) is 60.4 Å². The lowest BCUT2D eigenvalue weighted by Gasteiger charge is -2.16. The van der Waals surface area contributed by atoms with Crippen molar-refractivity contribution in [3.8, 4) is 22.6 Å². The quantitative estimate of drug-likeness (QED) is 0.633. The van der Waals surface area contributed by atoms with Crippen LogP contribution in [0.3, 0.4) is 0 Å². The van der Waals surface area contributed by atoms with Crippen molar-refractivity contribution >= 4 is 21.7 Å². The topological polar surface area (TPSA) is 121 Å². The highest BCUT2D eigenvalue weighted by Crippen LogP contribution is 2.51. The summed E-state index contributed by atoms with van der Waals surface area (Å²) in [6, 6.07) is 15.4. The number of hydrogen-bond donors (Lipinski definition) is 2. The number of primary sulfonamides is 1. The molecule has 8 nitrogen and oxygen atoms in total. The number of nitrogens with zero attached hydrogens (tertiary/aromatic N) is 1. The first-order valence-corrected chi connectivity index (χ1v) is 11.2. The molecule has 1 fully saturated rings. The van der Waals surface area contributed by atoms with Gasteiger partial charge in [0.2, 0.25) is 22.7 Å². The average molecular weight is 437 g/mol. The van der Waals surface area contributed by atoms with E-state index in [0.29, 0.717) is 17.3 Å². The van der Waals surface area contributed by atoms with Gasteiger partial charge in [0.1, 0.15) is 5.82 Å². The first-order chi connectivity index (χ1) is 14.8. The molecule has 2 aliphatic rings. The summed E-state index contributed by atoms with van der Waals surface area (Å²) in [6.07, 6.45) is 3.14. The smallest absolute Gasteiger partial charge is 0.238 e. The van der Waals surface area contributed by atoms with Crippen molar-refractivity contribution in [1.29, 1.82) is 0 Å². The summed E-state index contributed by atoms with van der Waals surface area (Å²) in [4.78, 5) is 17.4. The molecule has 0 spiro atoms. The van der Waals surface area contributed by atoms with Crippen molar-refractivity contribution in [2.45, 2.75) is 23.2 Å². The molecule has 2 heterocycles. The number of nitrogens with two attached hydrogens (primary N) is 1. The molecule has 0 unspecified atom stereocenters. The maximum absolute atomic E-state index is 13.0. The van der Waals surface area contributed by atoms with Crippen LogP contribution in [0.5, 0.6) is 11.5 Å². The van der Waals surface area contributed by atoms with Gasteiger partial charge in [0.15, 0.2) is 11.5 Å². The zero-order chi connectivity index (χ0) is 21.6. The second kappa shape index (κ2) is 7.07. The molecule has 1 aliphatic carbocycles. The van der Waals surface area contributed by atoms with Gasteiger partial charge in [-0.3, -0.25) is 4.79 Å². The van der Waals surface area contributed by atoms with Crippen LogP contribution in [0.1, 0.15) is 18.4 Å². The van der Waals surface area contributed by atoms with Crippen molar-refractivity contribution in [3.63, 3.8) is 0 Å². The number of benzene rings is 2. The van der Waals surface area contributed by atoms with Gasteiger partial charge in [-0.1, -0.05) is 18.2 Å². The van der Waals surface area contributed by atoms with Gasteiger partial charge in [-0.15, -0.1) is 0 Å². The Kier molecular flexibility index (Phi) is 4.45. The highest BCUT2D eigenvalue weighted by atomic mass is 32.2. The van der Waals surface area contributed by atoms with E-state index in [9.17, 15) is 13.2 Å². The minimum absolute atomic E-state index is 0.0475. The number of hydrogen-bond acceptors (Lipinski definition) is 6. The van der Waals surface area contributed by atoms with E-state index < -0.39 is 15.4 Å². The summed E-state index contributed by atoms with van der Waals surface area (Å²) in [6.45, 7) is 0.193. The van der Waals surface area contributed by atoms with Gasteiger partial charge in [-0.25, -0.2) is 18.5 Å². The van der Waals surface area contributed by atoms with E-state index in [1.54, 1.807) is 24.4 Å². The van der Waals surface area contributed by atoms with Crippen LogP contribution >= 0.6 is 0 Å². The molecule has 1 amide bonds. The molecule has 0 radical (unpaired) electrons. The average Bonchev–Trinajstić information content (AvgIpc) is 3.45. The van der Waals surface area contributed by atoms with Gasteiger partial charge in [0, 0.05) is 11.8 Å². The van der Waals surface area contributed by atoms with E-state index in [0.717, 1.165) is 29.5 Å². The van der Waals surface area contributed by atoms with Gasteiger partial charge >= 0.3 is 0 Å². The van der Waals surface area contributed by atoms with Crippen LogP contribution in [-0.4, -0.2) is 26.1 Å². The first kappa shape index (κ1) is 19.5. The molecule has 5 rings (SSSR count). The molecule has 0 atom stereocenters. The minimum Gasteiger partial charge on any atom is -0.454 e. The number of carbonyl (C=O) groups is 1. The number of sulfonamides is 1. The number of aromatic nitrogens is 1. The summed E-state index contributed by atoms with van der Waals surface area (Å²) in [5.41, 5.74) is 1.90. The molecule has 0 saturated heterocycles. The number of anilines is 1. The SMILES string of the molecule is NS(=O)(=O)c1ccc(-c2ccc(NC(=O)C3(c4ccc5c(c4)OCO5)CC3)nc2)cc1. The van der Waals surface area contributed by atoms with Crippen molar-refractivity contribution in [1.82, 2.24) is 4.98 Å². The van der Waals surface area contributed by atoms with Gasteiger partial charge < -0.3 is 14.8 Å². The third kappa shape index (κ3) is 3.62. The van der Waals surface area contributed by atoms with Gasteiger partial charge in [0.25, 0.3) is 0 Å². The summed E-state index contributed by atoms with van der Waals surface area (Å²) in [7, 11) is -3.73. The zero-order valence-electron chi connectivity index (χ0n) is 16.4. The first-order valence-electron chi connectivity index (χ1n) is 9.66. The van der Waals surface area contributed by atoms with Crippen molar-refractivity contribution < 1.29 is 22.7 Å². The third-order valence-corrected chi connectivity index (χ3v) is 6.56. The van der Waals surface area contributed by atoms with Crippen molar-refractivity contribution in [3.05, 3.63) is 66.4 Å². The number of rotatable bonds is 5. The van der Waals surface area contributed by atoms with Gasteiger partial charge in [-0.2, -0.15) is 0 Å². The Hall–Kier alpha value is -3.43. The highest BCUT2D eigenvalue weighted by molar-refractivity contribution is 7.89. The molecule has 1 saturated carbocycles. The molecule has 31 heavy (non-hydrogen) atoms. The van der Waals surface area contributed by atoms with Gasteiger partial charge in [0.05, 0.1) is 10.3 Å². The molecule has 3 aromatic rings. The maximum Gasteiger partial charge on any atom is 0.238 e. The van der Waals surface area contributed by atoms with E-state index in [1.165, 1.54) is 12.1 Å². The molecule has 9 heteroatoms. The Labute approximate surface area is 179 Å². The second-order valence-corrected chi connectivity index (χ2v) is 9.17. The number of pyridine rings is 1. The molecule has 2 aromatic carbocycles. The number of ether oxygens (including phenoxy) is 2. The lowest BCUT2D eigenvalue weighted by molar-refractivity contribution is -0.118. The van der Waals surface area contributed by atoms with Crippen LogP contribution in [0.2, 0.25) is 0 Å². The third-order valence-electron chi connectivity index (χ3n) is 5.63. The van der Waals surface area contributed by atoms with Crippen LogP contribution in [-0.2, 0) is 20.2 Å². The Morgan fingerprint density at radius 2 is 1.68 bits per heavy atom. The zero-order valence-corrected chi connectivity index (χ0v) is 17.2. The monoisotopic (exact) mass is 437 g/mol. The number of amides is 1. The molecule has 158 valence electrons. The summed E-state index contributed by atoms with van der Waals surface area (Å²) in [5, 5.41) is 8.03. The van der Waals surface area contributed by atoms with E-state index in [2.05, 4.69) is 10.3 Å². The lowest BCUT2D eigenvalue weighted by atomic mass is 9.94. The fourth-order valence-electron chi connectivity index (χ4n) is 3.68. The van der Waals surface area contributed by atoms with E-state index in [1.807, 2.05) is 24.3 Å².